The molecule has 0 bridgehead atoms. The molecule has 14 heteroatoms. The lowest BCUT2D eigenvalue weighted by Crippen LogP contribution is -2.58. The van der Waals surface area contributed by atoms with E-state index in [1.165, 1.54) is 0 Å². The minimum absolute atomic E-state index is 0.0630. The molecule has 3 amide bonds. The first-order chi connectivity index (χ1) is 20.6. The van der Waals surface area contributed by atoms with Gasteiger partial charge in [0.25, 0.3) is 0 Å². The predicted molar refractivity (Wildman–Crippen MR) is 167 cm³/mol. The SMILES string of the molecule is NC(N)=NCCCC(NC(=O)C(Cc1ccccc1)NC(=O)C(CS)NC(=O)C(N)Cc1c[nH]c2ccccc12)C(=O)O. The molecule has 0 saturated heterocycles. The maximum Gasteiger partial charge on any atom is 0.326 e. The third-order valence-corrected chi connectivity index (χ3v) is 7.11. The van der Waals surface area contributed by atoms with Crippen molar-refractivity contribution in [3.63, 3.8) is 0 Å². The summed E-state index contributed by atoms with van der Waals surface area (Å²) in [4.78, 5) is 58.3. The first-order valence-corrected chi connectivity index (χ1v) is 14.4. The van der Waals surface area contributed by atoms with Crippen LogP contribution in [0.5, 0.6) is 0 Å². The lowest BCUT2D eigenvalue weighted by molar-refractivity contribution is -0.142. The molecule has 0 spiro atoms. The quantitative estimate of drug-likeness (QED) is 0.0455. The molecule has 0 aliphatic carbocycles. The Hall–Kier alpha value is -4.56. The van der Waals surface area contributed by atoms with Gasteiger partial charge in [-0.2, -0.15) is 12.6 Å². The van der Waals surface area contributed by atoms with Crippen molar-refractivity contribution < 1.29 is 24.3 Å². The van der Waals surface area contributed by atoms with E-state index in [-0.39, 0.29) is 37.5 Å². The van der Waals surface area contributed by atoms with Crippen LogP contribution in [0.3, 0.4) is 0 Å². The van der Waals surface area contributed by atoms with E-state index in [0.717, 1.165) is 22.0 Å². The number of H-pyrrole nitrogens is 1. The standard InChI is InChI=1S/C29H38N8O5S/c30-20(14-18-15-34-21-10-5-4-9-19(18)21)25(38)37-24(16-43)27(40)36-23(13-17-7-2-1-3-8-17)26(39)35-22(28(41)42)11-6-12-33-29(31)32/h1-5,7-10,15,20,22-24,34,43H,6,11-14,16,30H2,(H,35,39)(H,36,40)(H,37,38)(H,41,42)(H4,31,32,33). The first-order valence-electron chi connectivity index (χ1n) is 13.7. The van der Waals surface area contributed by atoms with Crippen molar-refractivity contribution in [1.82, 2.24) is 20.9 Å². The zero-order chi connectivity index (χ0) is 31.4. The molecule has 0 saturated carbocycles. The van der Waals surface area contributed by atoms with E-state index in [1.807, 2.05) is 24.3 Å². The van der Waals surface area contributed by atoms with Gasteiger partial charge in [0, 0.05) is 35.8 Å². The number of benzene rings is 2. The van der Waals surface area contributed by atoms with Crippen molar-refractivity contribution in [2.75, 3.05) is 12.3 Å². The molecule has 0 radical (unpaired) electrons. The van der Waals surface area contributed by atoms with Crippen LogP contribution in [0.1, 0.15) is 24.0 Å². The molecule has 4 atom stereocenters. The van der Waals surface area contributed by atoms with Crippen LogP contribution in [-0.2, 0) is 32.0 Å². The van der Waals surface area contributed by atoms with Crippen LogP contribution in [0.15, 0.2) is 65.8 Å². The third kappa shape index (κ3) is 10.0. The summed E-state index contributed by atoms with van der Waals surface area (Å²) in [6, 6.07) is 12.1. The number of aromatic nitrogens is 1. The summed E-state index contributed by atoms with van der Waals surface area (Å²) in [6.45, 7) is 0.192. The number of carbonyl (C=O) groups excluding carboxylic acids is 3. The highest BCUT2D eigenvalue weighted by atomic mass is 32.1. The molecule has 11 N–H and O–H groups in total. The largest absolute Gasteiger partial charge is 0.480 e. The van der Waals surface area contributed by atoms with Crippen LogP contribution in [0.4, 0.5) is 0 Å². The Morgan fingerprint density at radius 1 is 0.860 bits per heavy atom. The van der Waals surface area contributed by atoms with Crippen molar-refractivity contribution in [2.45, 2.75) is 49.9 Å². The highest BCUT2D eigenvalue weighted by molar-refractivity contribution is 7.80. The van der Waals surface area contributed by atoms with Gasteiger partial charge in [0.2, 0.25) is 17.7 Å². The minimum Gasteiger partial charge on any atom is -0.480 e. The van der Waals surface area contributed by atoms with Gasteiger partial charge in [-0.15, -0.1) is 0 Å². The van der Waals surface area contributed by atoms with Gasteiger partial charge in [-0.3, -0.25) is 19.4 Å². The Bertz CT molecular complexity index is 1430. The number of rotatable bonds is 16. The van der Waals surface area contributed by atoms with Gasteiger partial charge in [-0.25, -0.2) is 4.79 Å². The molecule has 0 aliphatic rings. The molecule has 43 heavy (non-hydrogen) atoms. The topological polar surface area (TPSA) is 231 Å². The molecule has 230 valence electrons. The van der Waals surface area contributed by atoms with Gasteiger partial charge in [-0.05, 0) is 36.5 Å². The number of nitrogens with one attached hydrogen (secondary N) is 4. The average molecular weight is 611 g/mol. The van der Waals surface area contributed by atoms with E-state index in [4.69, 9.17) is 17.2 Å². The second kappa shape index (κ2) is 16.2. The highest BCUT2D eigenvalue weighted by Gasteiger charge is 2.30. The number of thiol groups is 1. The number of para-hydroxylation sites is 1. The van der Waals surface area contributed by atoms with Crippen molar-refractivity contribution >= 4 is 53.2 Å². The summed E-state index contributed by atoms with van der Waals surface area (Å²) in [7, 11) is 0. The summed E-state index contributed by atoms with van der Waals surface area (Å²) in [6.07, 6.45) is 2.46. The monoisotopic (exact) mass is 610 g/mol. The lowest BCUT2D eigenvalue weighted by atomic mass is 10.0. The number of aliphatic carboxylic acids is 1. The second-order valence-corrected chi connectivity index (χ2v) is 10.4. The van der Waals surface area contributed by atoms with E-state index in [2.05, 4.69) is 38.6 Å². The molecule has 4 unspecified atom stereocenters. The molecular weight excluding hydrogens is 572 g/mol. The number of fused-ring (bicyclic) bond motifs is 1. The number of aliphatic imine (C=N–C) groups is 1. The first kappa shape index (κ1) is 32.9. The normalized spacial score (nSPS) is 13.7. The van der Waals surface area contributed by atoms with Gasteiger partial charge in [-0.1, -0.05) is 48.5 Å². The summed E-state index contributed by atoms with van der Waals surface area (Å²) in [5.74, 6) is -3.36. The van der Waals surface area contributed by atoms with Crippen molar-refractivity contribution in [3.05, 3.63) is 71.9 Å². The molecule has 13 nitrogen and oxygen atoms in total. The van der Waals surface area contributed by atoms with Gasteiger partial charge in [0.1, 0.15) is 18.1 Å². The number of aromatic amines is 1. The molecule has 2 aromatic carbocycles. The fraction of sp³-hybridized carbons (Fsp3) is 0.345. The van der Waals surface area contributed by atoms with E-state index < -0.39 is 47.9 Å². The number of carbonyl (C=O) groups is 4. The molecule has 0 aliphatic heterocycles. The lowest BCUT2D eigenvalue weighted by Gasteiger charge is -2.24. The predicted octanol–water partition coefficient (Wildman–Crippen LogP) is -0.197. The number of carboxylic acids is 1. The van der Waals surface area contributed by atoms with Gasteiger partial charge in [0.15, 0.2) is 5.96 Å². The maximum absolute atomic E-state index is 13.3. The van der Waals surface area contributed by atoms with Crippen LogP contribution in [-0.4, -0.2) is 76.2 Å². The Kier molecular flexibility index (Phi) is 12.4. The second-order valence-electron chi connectivity index (χ2n) is 10.0. The van der Waals surface area contributed by atoms with E-state index in [1.54, 1.807) is 36.5 Å². The van der Waals surface area contributed by atoms with Crippen molar-refractivity contribution in [3.8, 4) is 0 Å². The van der Waals surface area contributed by atoms with Gasteiger partial charge < -0.3 is 43.2 Å². The van der Waals surface area contributed by atoms with E-state index >= 15 is 0 Å². The molecular formula is C29H38N8O5S. The van der Waals surface area contributed by atoms with Crippen LogP contribution in [0.2, 0.25) is 0 Å². The zero-order valence-electron chi connectivity index (χ0n) is 23.5. The number of nitrogens with zero attached hydrogens (tertiary/aromatic N) is 1. The number of hydrogen-bond donors (Lipinski definition) is 9. The van der Waals surface area contributed by atoms with Gasteiger partial charge in [0.05, 0.1) is 6.04 Å². The van der Waals surface area contributed by atoms with E-state index in [0.29, 0.717) is 6.42 Å². The third-order valence-electron chi connectivity index (χ3n) is 6.74. The molecule has 3 aromatic rings. The van der Waals surface area contributed by atoms with Crippen molar-refractivity contribution in [2.24, 2.45) is 22.2 Å². The Morgan fingerprint density at radius 2 is 1.49 bits per heavy atom. The highest BCUT2D eigenvalue weighted by Crippen LogP contribution is 2.18. The maximum atomic E-state index is 13.3. The molecule has 1 heterocycles. The zero-order valence-corrected chi connectivity index (χ0v) is 24.4. The smallest absolute Gasteiger partial charge is 0.326 e. The van der Waals surface area contributed by atoms with Crippen LogP contribution >= 0.6 is 12.6 Å². The van der Waals surface area contributed by atoms with Crippen LogP contribution in [0, 0.1) is 0 Å². The number of hydrogen-bond acceptors (Lipinski definition) is 7. The summed E-state index contributed by atoms with van der Waals surface area (Å²) < 4.78 is 0. The fourth-order valence-electron chi connectivity index (χ4n) is 4.47. The number of carboxylic acid groups (broad SMARTS) is 1. The van der Waals surface area contributed by atoms with Crippen LogP contribution < -0.4 is 33.2 Å². The fourth-order valence-corrected chi connectivity index (χ4v) is 4.72. The summed E-state index contributed by atoms with van der Waals surface area (Å²) in [5.41, 5.74) is 19.3. The Morgan fingerprint density at radius 3 is 2.16 bits per heavy atom. The summed E-state index contributed by atoms with van der Waals surface area (Å²) >= 11 is 4.23. The average Bonchev–Trinajstić information content (AvgIpc) is 3.39. The van der Waals surface area contributed by atoms with Gasteiger partial charge >= 0.3 is 5.97 Å². The molecule has 3 rings (SSSR count). The van der Waals surface area contributed by atoms with Crippen LogP contribution in [0.25, 0.3) is 10.9 Å². The van der Waals surface area contributed by atoms with Crippen molar-refractivity contribution in [1.29, 1.82) is 0 Å². The summed E-state index contributed by atoms with van der Waals surface area (Å²) in [5, 5.41) is 18.4. The number of guanidine groups is 1. The molecule has 0 fully saturated rings. The minimum atomic E-state index is -1.24. The Balaban J connectivity index is 1.67. The number of amides is 3. The Labute approximate surface area is 254 Å². The molecule has 1 aromatic heterocycles. The van der Waals surface area contributed by atoms with E-state index in [9.17, 15) is 24.3 Å². The number of nitrogens with two attached hydrogens (primary N) is 3.